The number of hydrogen-bond acceptors (Lipinski definition) is 6. The van der Waals surface area contributed by atoms with E-state index in [1.54, 1.807) is 24.0 Å². The van der Waals surface area contributed by atoms with Gasteiger partial charge in [0.05, 0.1) is 24.0 Å². The molecule has 1 saturated heterocycles. The fourth-order valence-corrected chi connectivity index (χ4v) is 5.17. The van der Waals surface area contributed by atoms with Crippen LogP contribution >= 0.6 is 0 Å². The van der Waals surface area contributed by atoms with Gasteiger partial charge in [-0.1, -0.05) is 30.3 Å². The molecule has 1 heterocycles. The standard InChI is InChI=1S/C25H32N2O6S/c1-3-32-21-10-12-22(13-11-21)34(30,31)26-23(18-19-8-6-5-7-9-19)24(28)27-16-14-20(15-17-27)25(29)33-4-2/h5-13,20,23,26H,3-4,14-18H2,1-2H3/t23-/m0/s1. The Bertz CT molecular complexity index is 1050. The number of hydrogen-bond donors (Lipinski definition) is 1. The largest absolute Gasteiger partial charge is 0.494 e. The van der Waals surface area contributed by atoms with Crippen molar-refractivity contribution >= 4 is 21.9 Å². The number of amides is 1. The molecule has 8 nitrogen and oxygen atoms in total. The topological polar surface area (TPSA) is 102 Å². The lowest BCUT2D eigenvalue weighted by molar-refractivity contribution is -0.151. The molecule has 0 radical (unpaired) electrons. The van der Waals surface area contributed by atoms with Crippen molar-refractivity contribution in [3.63, 3.8) is 0 Å². The molecular weight excluding hydrogens is 456 g/mol. The van der Waals surface area contributed by atoms with Gasteiger partial charge in [0.25, 0.3) is 0 Å². The Labute approximate surface area is 201 Å². The number of carbonyl (C=O) groups is 2. The highest BCUT2D eigenvalue weighted by molar-refractivity contribution is 7.89. The van der Waals surface area contributed by atoms with E-state index in [2.05, 4.69) is 4.72 Å². The summed E-state index contributed by atoms with van der Waals surface area (Å²) in [7, 11) is -3.95. The lowest BCUT2D eigenvalue weighted by Crippen LogP contribution is -2.52. The molecule has 1 atom stereocenters. The van der Waals surface area contributed by atoms with Gasteiger partial charge in [0, 0.05) is 13.1 Å². The number of nitrogens with zero attached hydrogens (tertiary/aromatic N) is 1. The maximum Gasteiger partial charge on any atom is 0.309 e. The quantitative estimate of drug-likeness (QED) is 0.516. The van der Waals surface area contributed by atoms with Crippen molar-refractivity contribution in [2.45, 2.75) is 44.0 Å². The maximum atomic E-state index is 13.4. The molecule has 0 bridgehead atoms. The first kappa shape index (κ1) is 25.7. The minimum absolute atomic E-state index is 0.0582. The van der Waals surface area contributed by atoms with E-state index in [0.717, 1.165) is 5.56 Å². The Morgan fingerprint density at radius 3 is 2.24 bits per heavy atom. The zero-order valence-electron chi connectivity index (χ0n) is 19.6. The van der Waals surface area contributed by atoms with Gasteiger partial charge < -0.3 is 14.4 Å². The van der Waals surface area contributed by atoms with E-state index in [1.807, 2.05) is 37.3 Å². The molecule has 1 N–H and O–H groups in total. The second-order valence-electron chi connectivity index (χ2n) is 8.12. The average Bonchev–Trinajstić information content (AvgIpc) is 2.84. The molecule has 0 aromatic heterocycles. The van der Waals surface area contributed by atoms with Gasteiger partial charge in [0.15, 0.2) is 0 Å². The highest BCUT2D eigenvalue weighted by Gasteiger charge is 2.33. The number of ether oxygens (including phenoxy) is 2. The van der Waals surface area contributed by atoms with Crippen LogP contribution < -0.4 is 9.46 Å². The van der Waals surface area contributed by atoms with Gasteiger partial charge in [-0.15, -0.1) is 0 Å². The average molecular weight is 489 g/mol. The number of benzene rings is 2. The summed E-state index contributed by atoms with van der Waals surface area (Å²) in [5, 5.41) is 0. The van der Waals surface area contributed by atoms with E-state index in [1.165, 1.54) is 12.1 Å². The second kappa shape index (κ2) is 12.0. The van der Waals surface area contributed by atoms with Crippen LogP contribution in [0, 0.1) is 5.92 Å². The van der Waals surface area contributed by atoms with Crippen LogP contribution in [0.1, 0.15) is 32.3 Å². The third kappa shape index (κ3) is 6.80. The summed E-state index contributed by atoms with van der Waals surface area (Å²) in [4.78, 5) is 27.1. The lowest BCUT2D eigenvalue weighted by Gasteiger charge is -2.33. The van der Waals surface area contributed by atoms with Crippen molar-refractivity contribution in [3.05, 3.63) is 60.2 Å². The van der Waals surface area contributed by atoms with Crippen molar-refractivity contribution < 1.29 is 27.5 Å². The van der Waals surface area contributed by atoms with Crippen LogP contribution in [-0.4, -0.2) is 57.5 Å². The van der Waals surface area contributed by atoms with Gasteiger partial charge >= 0.3 is 5.97 Å². The molecule has 0 aliphatic carbocycles. The SMILES string of the molecule is CCOC(=O)C1CCN(C(=O)[C@H](Cc2ccccc2)NS(=O)(=O)c2ccc(OCC)cc2)CC1. The molecule has 184 valence electrons. The van der Waals surface area contributed by atoms with Gasteiger partial charge in [-0.3, -0.25) is 9.59 Å². The number of sulfonamides is 1. The summed E-state index contributed by atoms with van der Waals surface area (Å²) in [6, 6.07) is 14.4. The third-order valence-corrected chi connectivity index (χ3v) is 7.24. The van der Waals surface area contributed by atoms with E-state index < -0.39 is 16.1 Å². The van der Waals surface area contributed by atoms with Gasteiger partial charge in [-0.2, -0.15) is 4.72 Å². The van der Waals surface area contributed by atoms with E-state index in [-0.39, 0.29) is 29.1 Å². The molecule has 0 spiro atoms. The number of nitrogens with one attached hydrogen (secondary N) is 1. The Morgan fingerprint density at radius 1 is 1.00 bits per heavy atom. The summed E-state index contributed by atoms with van der Waals surface area (Å²) in [5.41, 5.74) is 0.844. The van der Waals surface area contributed by atoms with Gasteiger partial charge in [0.2, 0.25) is 15.9 Å². The van der Waals surface area contributed by atoms with Crippen LogP contribution in [0.2, 0.25) is 0 Å². The number of likely N-dealkylation sites (tertiary alicyclic amines) is 1. The monoisotopic (exact) mass is 488 g/mol. The summed E-state index contributed by atoms with van der Waals surface area (Å²) in [6.45, 7) is 5.16. The highest BCUT2D eigenvalue weighted by Crippen LogP contribution is 2.21. The fourth-order valence-electron chi connectivity index (χ4n) is 3.98. The minimum Gasteiger partial charge on any atom is -0.494 e. The lowest BCUT2D eigenvalue weighted by atomic mass is 9.96. The molecule has 1 amide bonds. The summed E-state index contributed by atoms with van der Waals surface area (Å²) < 4.78 is 39.3. The number of esters is 1. The van der Waals surface area contributed by atoms with E-state index in [4.69, 9.17) is 9.47 Å². The van der Waals surface area contributed by atoms with E-state index >= 15 is 0 Å². The molecule has 0 saturated carbocycles. The van der Waals surface area contributed by atoms with E-state index in [9.17, 15) is 18.0 Å². The summed E-state index contributed by atoms with van der Waals surface area (Å²) in [6.07, 6.45) is 1.20. The van der Waals surface area contributed by atoms with Crippen molar-refractivity contribution in [2.24, 2.45) is 5.92 Å². The molecule has 3 rings (SSSR count). The van der Waals surface area contributed by atoms with Crippen molar-refractivity contribution in [3.8, 4) is 5.75 Å². The van der Waals surface area contributed by atoms with Crippen LogP contribution in [0.15, 0.2) is 59.5 Å². The number of piperidine rings is 1. The van der Waals surface area contributed by atoms with Crippen molar-refractivity contribution in [1.82, 2.24) is 9.62 Å². The van der Waals surface area contributed by atoms with Crippen molar-refractivity contribution in [2.75, 3.05) is 26.3 Å². The Kier molecular flexibility index (Phi) is 9.06. The predicted octanol–water partition coefficient (Wildman–Crippen LogP) is 2.78. The first-order valence-corrected chi connectivity index (χ1v) is 13.1. The molecular formula is C25H32N2O6S. The number of rotatable bonds is 10. The van der Waals surface area contributed by atoms with E-state index in [0.29, 0.717) is 44.9 Å². The third-order valence-electron chi connectivity index (χ3n) is 5.75. The fraction of sp³-hybridized carbons (Fsp3) is 0.440. The molecule has 9 heteroatoms. The zero-order valence-corrected chi connectivity index (χ0v) is 20.4. The normalized spacial score (nSPS) is 15.5. The van der Waals surface area contributed by atoms with Crippen LogP contribution in [0.5, 0.6) is 5.75 Å². The van der Waals surface area contributed by atoms with Crippen LogP contribution in [0.4, 0.5) is 0 Å². The Balaban J connectivity index is 1.76. The molecule has 2 aromatic rings. The van der Waals surface area contributed by atoms with Gasteiger partial charge in [0.1, 0.15) is 11.8 Å². The molecule has 0 unspecified atom stereocenters. The van der Waals surface area contributed by atoms with Crippen LogP contribution in [0.3, 0.4) is 0 Å². The molecule has 2 aromatic carbocycles. The Hall–Kier alpha value is -2.91. The number of carbonyl (C=O) groups excluding carboxylic acids is 2. The van der Waals surface area contributed by atoms with Crippen LogP contribution in [0.25, 0.3) is 0 Å². The highest BCUT2D eigenvalue weighted by atomic mass is 32.2. The van der Waals surface area contributed by atoms with Crippen molar-refractivity contribution in [1.29, 1.82) is 0 Å². The molecule has 1 aliphatic heterocycles. The van der Waals surface area contributed by atoms with Crippen LogP contribution in [-0.2, 0) is 30.8 Å². The smallest absolute Gasteiger partial charge is 0.309 e. The second-order valence-corrected chi connectivity index (χ2v) is 9.83. The Morgan fingerprint density at radius 2 is 1.65 bits per heavy atom. The van der Waals surface area contributed by atoms with Gasteiger partial charge in [-0.05, 0) is 62.9 Å². The summed E-state index contributed by atoms with van der Waals surface area (Å²) >= 11 is 0. The minimum atomic E-state index is -3.95. The first-order valence-electron chi connectivity index (χ1n) is 11.6. The molecule has 1 aliphatic rings. The summed E-state index contributed by atoms with van der Waals surface area (Å²) in [5.74, 6) is -0.215. The molecule has 34 heavy (non-hydrogen) atoms. The predicted molar refractivity (Wildman–Crippen MR) is 128 cm³/mol. The zero-order chi connectivity index (χ0) is 24.6. The first-order chi connectivity index (χ1) is 16.3. The molecule has 1 fully saturated rings. The van der Waals surface area contributed by atoms with Gasteiger partial charge in [-0.25, -0.2) is 8.42 Å². The maximum absolute atomic E-state index is 13.4.